The molecule has 0 aliphatic carbocycles. The highest BCUT2D eigenvalue weighted by Gasteiger charge is 2.19. The molecule has 0 aliphatic rings. The van der Waals surface area contributed by atoms with E-state index in [4.69, 9.17) is 11.6 Å². The second kappa shape index (κ2) is 6.88. The van der Waals surface area contributed by atoms with Gasteiger partial charge in [-0.3, -0.25) is 9.69 Å². The summed E-state index contributed by atoms with van der Waals surface area (Å²) in [4.78, 5) is 14.5. The molecule has 2 rings (SSSR count). The fraction of sp³-hybridized carbons (Fsp3) is 0.278. The summed E-state index contributed by atoms with van der Waals surface area (Å²) < 4.78 is 0. The number of benzene rings is 2. The molecule has 0 heterocycles. The highest BCUT2D eigenvalue weighted by atomic mass is 35.5. The zero-order chi connectivity index (χ0) is 15.4. The van der Waals surface area contributed by atoms with Crippen molar-refractivity contribution in [3.8, 4) is 0 Å². The summed E-state index contributed by atoms with van der Waals surface area (Å²) in [6.45, 7) is 4.76. The summed E-state index contributed by atoms with van der Waals surface area (Å²) in [7, 11) is 1.97. The molecule has 0 saturated carbocycles. The summed E-state index contributed by atoms with van der Waals surface area (Å²) in [5.41, 5.74) is 3.15. The minimum Gasteiger partial charge on any atom is -0.292 e. The second-order valence-corrected chi connectivity index (χ2v) is 5.88. The van der Waals surface area contributed by atoms with Crippen LogP contribution in [0.15, 0.2) is 48.5 Å². The van der Waals surface area contributed by atoms with E-state index in [1.807, 2.05) is 14.0 Å². The average Bonchev–Trinajstić information content (AvgIpc) is 2.49. The van der Waals surface area contributed by atoms with Gasteiger partial charge in [0.2, 0.25) is 0 Å². The third-order valence-corrected chi connectivity index (χ3v) is 3.97. The van der Waals surface area contributed by atoms with Crippen LogP contribution in [0.1, 0.15) is 28.4 Å². The summed E-state index contributed by atoms with van der Waals surface area (Å²) in [6.07, 6.45) is 0. The predicted octanol–water partition coefficient (Wildman–Crippen LogP) is 4.35. The summed E-state index contributed by atoms with van der Waals surface area (Å²) >= 11 is 5.86. The van der Waals surface area contributed by atoms with Crippen LogP contribution in [-0.2, 0) is 6.54 Å². The molecule has 2 aromatic carbocycles. The van der Waals surface area contributed by atoms with Gasteiger partial charge in [0, 0.05) is 17.1 Å². The molecule has 110 valence electrons. The first-order valence-electron chi connectivity index (χ1n) is 7.03. The van der Waals surface area contributed by atoms with Gasteiger partial charge in [0.05, 0.1) is 6.04 Å². The smallest absolute Gasteiger partial charge is 0.179 e. The van der Waals surface area contributed by atoms with Crippen molar-refractivity contribution >= 4 is 17.4 Å². The van der Waals surface area contributed by atoms with Crippen molar-refractivity contribution in [2.75, 3.05) is 7.05 Å². The lowest BCUT2D eigenvalue weighted by atomic mass is 10.0. The lowest BCUT2D eigenvalue weighted by Gasteiger charge is -2.23. The van der Waals surface area contributed by atoms with Crippen LogP contribution < -0.4 is 0 Å². The molecule has 0 radical (unpaired) electrons. The molecule has 2 nitrogen and oxygen atoms in total. The largest absolute Gasteiger partial charge is 0.292 e. The molecule has 0 spiro atoms. The third-order valence-electron chi connectivity index (χ3n) is 3.72. The first kappa shape index (κ1) is 15.7. The Hall–Kier alpha value is -1.64. The monoisotopic (exact) mass is 301 g/mol. The molecule has 0 aromatic heterocycles. The lowest BCUT2D eigenvalue weighted by Crippen LogP contribution is -2.35. The van der Waals surface area contributed by atoms with Crippen molar-refractivity contribution in [1.29, 1.82) is 0 Å². The van der Waals surface area contributed by atoms with E-state index in [2.05, 4.69) is 36.1 Å². The van der Waals surface area contributed by atoms with E-state index in [1.54, 1.807) is 24.3 Å². The van der Waals surface area contributed by atoms with Crippen LogP contribution in [0.3, 0.4) is 0 Å². The molecule has 2 aromatic rings. The molecule has 0 fully saturated rings. The molecule has 0 bridgehead atoms. The van der Waals surface area contributed by atoms with Crippen molar-refractivity contribution in [3.63, 3.8) is 0 Å². The minimum absolute atomic E-state index is 0.112. The fourth-order valence-electron chi connectivity index (χ4n) is 2.17. The van der Waals surface area contributed by atoms with E-state index >= 15 is 0 Å². The van der Waals surface area contributed by atoms with E-state index in [0.717, 1.165) is 6.54 Å². The molecule has 1 atom stereocenters. The van der Waals surface area contributed by atoms with E-state index < -0.39 is 0 Å². The van der Waals surface area contributed by atoms with E-state index in [0.29, 0.717) is 10.6 Å². The Kier molecular flexibility index (Phi) is 5.16. The van der Waals surface area contributed by atoms with Gasteiger partial charge in [-0.2, -0.15) is 0 Å². The number of Topliss-reactive ketones (excluding diaryl/α,β-unsaturated/α-hetero) is 1. The van der Waals surface area contributed by atoms with Crippen molar-refractivity contribution in [3.05, 3.63) is 70.2 Å². The molecule has 1 unspecified atom stereocenters. The fourth-order valence-corrected chi connectivity index (χ4v) is 2.30. The van der Waals surface area contributed by atoms with Crippen molar-refractivity contribution < 1.29 is 4.79 Å². The summed E-state index contributed by atoms with van der Waals surface area (Å²) in [5.74, 6) is 0.112. The number of ketones is 1. The number of halogens is 1. The summed E-state index contributed by atoms with van der Waals surface area (Å²) in [5, 5.41) is 0.646. The third kappa shape index (κ3) is 4.16. The molecule has 0 amide bonds. The summed E-state index contributed by atoms with van der Waals surface area (Å²) in [6, 6.07) is 15.3. The molecular weight excluding hydrogens is 282 g/mol. The van der Waals surface area contributed by atoms with Gasteiger partial charge >= 0.3 is 0 Å². The number of carbonyl (C=O) groups excluding carboxylic acids is 1. The highest BCUT2D eigenvalue weighted by molar-refractivity contribution is 6.30. The standard InChI is InChI=1S/C18H20ClNO/c1-13-4-6-15(7-5-13)12-20(3)14(2)18(21)16-8-10-17(19)11-9-16/h4-11,14H,12H2,1-3H3. The van der Waals surface area contributed by atoms with Gasteiger partial charge in [-0.1, -0.05) is 41.4 Å². The SMILES string of the molecule is Cc1ccc(CN(C)C(C)C(=O)c2ccc(Cl)cc2)cc1. The maximum absolute atomic E-state index is 12.5. The van der Waals surface area contributed by atoms with E-state index in [1.165, 1.54) is 11.1 Å². The molecule has 3 heteroatoms. The number of carbonyl (C=O) groups is 1. The molecular formula is C18H20ClNO. The normalized spacial score (nSPS) is 12.4. The van der Waals surface area contributed by atoms with Gasteiger partial charge in [-0.25, -0.2) is 0 Å². The van der Waals surface area contributed by atoms with Crippen molar-refractivity contribution in [2.24, 2.45) is 0 Å². The van der Waals surface area contributed by atoms with Crippen LogP contribution in [0.4, 0.5) is 0 Å². The van der Waals surface area contributed by atoms with Gasteiger partial charge in [0.1, 0.15) is 0 Å². The van der Waals surface area contributed by atoms with Gasteiger partial charge in [0.25, 0.3) is 0 Å². The molecule has 21 heavy (non-hydrogen) atoms. The first-order chi connectivity index (χ1) is 9.97. The van der Waals surface area contributed by atoms with Crippen LogP contribution in [0, 0.1) is 6.92 Å². The number of nitrogens with zero attached hydrogens (tertiary/aromatic N) is 1. The maximum atomic E-state index is 12.5. The Balaban J connectivity index is 2.04. The maximum Gasteiger partial charge on any atom is 0.179 e. The molecule has 0 N–H and O–H groups in total. The van der Waals surface area contributed by atoms with Crippen LogP contribution in [0.25, 0.3) is 0 Å². The lowest BCUT2D eigenvalue weighted by molar-refractivity contribution is 0.0862. The predicted molar refractivity (Wildman–Crippen MR) is 87.9 cm³/mol. The van der Waals surface area contributed by atoms with Gasteiger partial charge in [0.15, 0.2) is 5.78 Å². The molecule has 0 aliphatic heterocycles. The number of hydrogen-bond donors (Lipinski definition) is 0. The number of rotatable bonds is 5. The van der Waals surface area contributed by atoms with Crippen molar-refractivity contribution in [1.82, 2.24) is 4.90 Å². The quantitative estimate of drug-likeness (QED) is 0.765. The van der Waals surface area contributed by atoms with Crippen LogP contribution >= 0.6 is 11.6 Å². The number of likely N-dealkylation sites (N-methyl/N-ethyl adjacent to an activating group) is 1. The van der Waals surface area contributed by atoms with Crippen LogP contribution in [-0.4, -0.2) is 23.8 Å². The topological polar surface area (TPSA) is 20.3 Å². The Labute approximate surface area is 131 Å². The minimum atomic E-state index is -0.174. The first-order valence-corrected chi connectivity index (χ1v) is 7.41. The van der Waals surface area contributed by atoms with Gasteiger partial charge in [-0.05, 0) is 50.7 Å². The Morgan fingerprint density at radius 2 is 1.67 bits per heavy atom. The van der Waals surface area contributed by atoms with E-state index in [9.17, 15) is 4.79 Å². The van der Waals surface area contributed by atoms with Crippen LogP contribution in [0.5, 0.6) is 0 Å². The van der Waals surface area contributed by atoms with Gasteiger partial charge < -0.3 is 0 Å². The second-order valence-electron chi connectivity index (χ2n) is 5.45. The highest BCUT2D eigenvalue weighted by Crippen LogP contribution is 2.14. The Morgan fingerprint density at radius 1 is 1.10 bits per heavy atom. The Bertz CT molecular complexity index is 604. The Morgan fingerprint density at radius 3 is 2.24 bits per heavy atom. The van der Waals surface area contributed by atoms with E-state index in [-0.39, 0.29) is 11.8 Å². The number of aryl methyl sites for hydroxylation is 1. The zero-order valence-corrected chi connectivity index (χ0v) is 13.4. The van der Waals surface area contributed by atoms with Crippen molar-refractivity contribution in [2.45, 2.75) is 26.4 Å². The molecule has 0 saturated heterocycles. The zero-order valence-electron chi connectivity index (χ0n) is 12.6. The van der Waals surface area contributed by atoms with Gasteiger partial charge in [-0.15, -0.1) is 0 Å². The average molecular weight is 302 g/mol. The number of hydrogen-bond acceptors (Lipinski definition) is 2. The van der Waals surface area contributed by atoms with Crippen LogP contribution in [0.2, 0.25) is 5.02 Å².